The second-order valence-corrected chi connectivity index (χ2v) is 7.62. The first kappa shape index (κ1) is 16.7. The van der Waals surface area contributed by atoms with Crippen LogP contribution in [0.25, 0.3) is 0 Å². The molecule has 2 N–H and O–H groups in total. The van der Waals surface area contributed by atoms with Crippen molar-refractivity contribution in [1.29, 1.82) is 0 Å². The number of thiophene rings is 1. The zero-order chi connectivity index (χ0) is 15.1. The topological polar surface area (TPSA) is 37.2 Å². The van der Waals surface area contributed by atoms with Gasteiger partial charge in [-0.05, 0) is 67.0 Å². The van der Waals surface area contributed by atoms with E-state index in [1.54, 1.807) is 17.6 Å². The molecule has 0 spiro atoms. The summed E-state index contributed by atoms with van der Waals surface area (Å²) in [6.45, 7) is 3.23. The highest BCUT2D eigenvalue weighted by Crippen LogP contribution is 2.31. The third-order valence-corrected chi connectivity index (χ3v) is 5.35. The molecule has 0 aliphatic carbocycles. The Morgan fingerprint density at radius 1 is 1.24 bits per heavy atom. The summed E-state index contributed by atoms with van der Waals surface area (Å²) in [5, 5.41) is 7.04. The van der Waals surface area contributed by atoms with Gasteiger partial charge in [0.15, 0.2) is 0 Å². The molecule has 0 fully saturated rings. The number of halogens is 1. The van der Waals surface area contributed by atoms with Crippen LogP contribution in [0.15, 0.2) is 38.9 Å². The molecule has 0 aliphatic rings. The van der Waals surface area contributed by atoms with Gasteiger partial charge in [-0.2, -0.15) is 0 Å². The van der Waals surface area contributed by atoms with E-state index in [1.165, 1.54) is 14.2 Å². The normalized spacial score (nSPS) is 14.2. The van der Waals surface area contributed by atoms with Crippen LogP contribution in [0.1, 0.15) is 48.7 Å². The molecule has 2 aromatic rings. The maximum absolute atomic E-state index is 5.24. The molecule has 3 nitrogen and oxygen atoms in total. The molecule has 116 valence electrons. The first-order chi connectivity index (χ1) is 10.2. The van der Waals surface area contributed by atoms with Crippen molar-refractivity contribution in [2.45, 2.75) is 38.3 Å². The molecule has 0 radical (unpaired) electrons. The van der Waals surface area contributed by atoms with E-state index in [-0.39, 0.29) is 0 Å². The van der Waals surface area contributed by atoms with Crippen molar-refractivity contribution in [3.8, 4) is 0 Å². The predicted molar refractivity (Wildman–Crippen MR) is 92.8 cm³/mol. The van der Waals surface area contributed by atoms with Gasteiger partial charge in [-0.15, -0.1) is 11.3 Å². The second kappa shape index (κ2) is 8.73. The van der Waals surface area contributed by atoms with Crippen molar-refractivity contribution in [3.05, 3.63) is 45.0 Å². The minimum atomic E-state index is 0.364. The molecule has 21 heavy (non-hydrogen) atoms. The average Bonchev–Trinajstić information content (AvgIpc) is 3.14. The largest absolute Gasteiger partial charge is 0.472 e. The number of furan rings is 1. The molecule has 0 saturated carbocycles. The Kier molecular flexibility index (Phi) is 6.96. The Balaban J connectivity index is 1.96. The van der Waals surface area contributed by atoms with Crippen LogP contribution >= 0.6 is 27.3 Å². The highest BCUT2D eigenvalue weighted by molar-refractivity contribution is 9.11. The van der Waals surface area contributed by atoms with Crippen molar-refractivity contribution in [3.63, 3.8) is 0 Å². The fourth-order valence-electron chi connectivity index (χ4n) is 2.46. The van der Waals surface area contributed by atoms with Crippen LogP contribution in [0.4, 0.5) is 0 Å². The molecule has 2 rings (SSSR count). The van der Waals surface area contributed by atoms with Crippen LogP contribution in [-0.2, 0) is 0 Å². The van der Waals surface area contributed by atoms with Gasteiger partial charge in [0.1, 0.15) is 0 Å². The third kappa shape index (κ3) is 4.95. The van der Waals surface area contributed by atoms with Gasteiger partial charge in [0.25, 0.3) is 0 Å². The van der Waals surface area contributed by atoms with E-state index in [0.29, 0.717) is 12.1 Å². The number of hydrogen-bond donors (Lipinski definition) is 2. The first-order valence-electron chi connectivity index (χ1n) is 7.42. The van der Waals surface area contributed by atoms with Gasteiger partial charge >= 0.3 is 0 Å². The monoisotopic (exact) mass is 370 g/mol. The Morgan fingerprint density at radius 2 is 2.05 bits per heavy atom. The Morgan fingerprint density at radius 3 is 2.62 bits per heavy atom. The molecule has 2 aromatic heterocycles. The minimum absolute atomic E-state index is 0.364. The van der Waals surface area contributed by atoms with Gasteiger partial charge in [-0.25, -0.2) is 0 Å². The zero-order valence-corrected chi connectivity index (χ0v) is 15.0. The lowest BCUT2D eigenvalue weighted by atomic mass is 10.0. The fourth-order valence-corrected chi connectivity index (χ4v) is 4.02. The van der Waals surface area contributed by atoms with Crippen LogP contribution < -0.4 is 10.6 Å². The third-order valence-electron chi connectivity index (χ3n) is 3.62. The number of rotatable bonds is 9. The lowest BCUT2D eigenvalue weighted by Crippen LogP contribution is -2.24. The number of hydrogen-bond acceptors (Lipinski definition) is 4. The summed E-state index contributed by atoms with van der Waals surface area (Å²) in [7, 11) is 2.03. The van der Waals surface area contributed by atoms with E-state index in [4.69, 9.17) is 4.42 Å². The van der Waals surface area contributed by atoms with E-state index >= 15 is 0 Å². The van der Waals surface area contributed by atoms with Gasteiger partial charge in [-0.1, -0.05) is 6.92 Å². The molecule has 0 amide bonds. The fraction of sp³-hybridized carbons (Fsp3) is 0.500. The molecule has 0 aromatic carbocycles. The average molecular weight is 371 g/mol. The van der Waals surface area contributed by atoms with Crippen molar-refractivity contribution in [2.75, 3.05) is 13.6 Å². The van der Waals surface area contributed by atoms with E-state index in [0.717, 1.165) is 25.8 Å². The van der Waals surface area contributed by atoms with E-state index in [2.05, 4.69) is 51.7 Å². The Labute approximate surface area is 139 Å². The molecule has 5 heteroatoms. The molecular weight excluding hydrogens is 348 g/mol. The van der Waals surface area contributed by atoms with Gasteiger partial charge in [0, 0.05) is 22.5 Å². The van der Waals surface area contributed by atoms with E-state index < -0.39 is 0 Å². The summed E-state index contributed by atoms with van der Waals surface area (Å²) < 4.78 is 6.42. The number of nitrogens with one attached hydrogen (secondary N) is 2. The van der Waals surface area contributed by atoms with Crippen LogP contribution in [0, 0.1) is 0 Å². The SMILES string of the molecule is CCCNC(CCC(NC)c1ccc(Br)s1)c1ccoc1. The molecule has 0 bridgehead atoms. The van der Waals surface area contributed by atoms with E-state index in [9.17, 15) is 0 Å². The molecule has 2 heterocycles. The summed E-state index contributed by atoms with van der Waals surface area (Å²) in [6.07, 6.45) is 6.92. The zero-order valence-electron chi connectivity index (χ0n) is 12.6. The molecular formula is C16H23BrN2OS. The van der Waals surface area contributed by atoms with Gasteiger partial charge in [-0.3, -0.25) is 0 Å². The van der Waals surface area contributed by atoms with Crippen LogP contribution in [-0.4, -0.2) is 13.6 Å². The first-order valence-corrected chi connectivity index (χ1v) is 9.03. The van der Waals surface area contributed by atoms with Crippen molar-refractivity contribution in [1.82, 2.24) is 10.6 Å². The summed E-state index contributed by atoms with van der Waals surface area (Å²) in [5.41, 5.74) is 1.24. The summed E-state index contributed by atoms with van der Waals surface area (Å²) in [4.78, 5) is 1.38. The summed E-state index contributed by atoms with van der Waals surface area (Å²) >= 11 is 5.34. The Bertz CT molecular complexity index is 512. The van der Waals surface area contributed by atoms with Crippen molar-refractivity contribution >= 4 is 27.3 Å². The summed E-state index contributed by atoms with van der Waals surface area (Å²) in [6, 6.07) is 7.14. The molecule has 2 atom stereocenters. The molecule has 2 unspecified atom stereocenters. The molecule has 0 saturated heterocycles. The minimum Gasteiger partial charge on any atom is -0.472 e. The maximum atomic E-state index is 5.24. The lowest BCUT2D eigenvalue weighted by molar-refractivity contribution is 0.434. The maximum Gasteiger partial charge on any atom is 0.0950 e. The van der Waals surface area contributed by atoms with Gasteiger partial charge in [0.2, 0.25) is 0 Å². The molecule has 0 aliphatic heterocycles. The highest BCUT2D eigenvalue weighted by Gasteiger charge is 2.17. The summed E-state index contributed by atoms with van der Waals surface area (Å²) in [5.74, 6) is 0. The van der Waals surface area contributed by atoms with Crippen LogP contribution in [0.5, 0.6) is 0 Å². The smallest absolute Gasteiger partial charge is 0.0950 e. The highest BCUT2D eigenvalue weighted by atomic mass is 79.9. The second-order valence-electron chi connectivity index (χ2n) is 5.12. The quantitative estimate of drug-likeness (QED) is 0.659. The van der Waals surface area contributed by atoms with Crippen molar-refractivity contribution in [2.24, 2.45) is 0 Å². The van der Waals surface area contributed by atoms with Crippen LogP contribution in [0.2, 0.25) is 0 Å². The van der Waals surface area contributed by atoms with Gasteiger partial charge < -0.3 is 15.1 Å². The van der Waals surface area contributed by atoms with E-state index in [1.807, 2.05) is 13.3 Å². The van der Waals surface area contributed by atoms with Crippen molar-refractivity contribution < 1.29 is 4.42 Å². The Hall–Kier alpha value is -0.620. The van der Waals surface area contributed by atoms with Gasteiger partial charge in [0.05, 0.1) is 16.3 Å². The predicted octanol–water partition coefficient (Wildman–Crippen LogP) is 4.89. The standard InChI is InChI=1S/C16H23BrN2OS/c1-3-9-19-13(12-8-10-20-11-12)4-5-14(18-2)15-6-7-16(17)21-15/h6-8,10-11,13-14,18-19H,3-5,9H2,1-2H3. The van der Waals surface area contributed by atoms with Crippen LogP contribution in [0.3, 0.4) is 0 Å². The lowest BCUT2D eigenvalue weighted by Gasteiger charge is -2.21.